The first-order valence-electron chi connectivity index (χ1n) is 9.11. The molecule has 0 atom stereocenters. The molecule has 5 heteroatoms. The van der Waals surface area contributed by atoms with Gasteiger partial charge in [0, 0.05) is 37.1 Å². The van der Waals surface area contributed by atoms with Crippen LogP contribution in [-0.2, 0) is 0 Å². The van der Waals surface area contributed by atoms with Gasteiger partial charge in [-0.25, -0.2) is 0 Å². The van der Waals surface area contributed by atoms with Crippen molar-refractivity contribution in [2.45, 2.75) is 33.8 Å². The van der Waals surface area contributed by atoms with E-state index in [1.807, 2.05) is 38.1 Å². The Labute approximate surface area is 162 Å². The molecular weight excluding hydrogens is 342 g/mol. The quantitative estimate of drug-likeness (QED) is 0.664. The van der Waals surface area contributed by atoms with Crippen molar-refractivity contribution >= 4 is 28.7 Å². The maximum absolute atomic E-state index is 5.71. The minimum atomic E-state index is 0.150. The third-order valence-corrected chi connectivity index (χ3v) is 4.16. The molecule has 2 aromatic rings. The predicted molar refractivity (Wildman–Crippen MR) is 115 cm³/mol. The Hall–Kier alpha value is -2.27. The lowest BCUT2D eigenvalue weighted by Gasteiger charge is -2.24. The van der Waals surface area contributed by atoms with Crippen LogP contribution in [0.15, 0.2) is 48.5 Å². The monoisotopic (exact) mass is 371 g/mol. The summed E-state index contributed by atoms with van der Waals surface area (Å²) in [5.74, 6) is 0.837. The number of hydrogen-bond donors (Lipinski definition) is 2. The maximum atomic E-state index is 5.71. The van der Waals surface area contributed by atoms with E-state index in [-0.39, 0.29) is 6.10 Å². The first-order valence-corrected chi connectivity index (χ1v) is 9.52. The van der Waals surface area contributed by atoms with Crippen molar-refractivity contribution < 1.29 is 4.74 Å². The number of thiocarbonyl (C=S) groups is 1. The number of rotatable bonds is 8. The van der Waals surface area contributed by atoms with Crippen molar-refractivity contribution in [3.05, 3.63) is 54.1 Å². The molecule has 0 heterocycles. The van der Waals surface area contributed by atoms with Crippen LogP contribution in [0, 0.1) is 6.92 Å². The van der Waals surface area contributed by atoms with Crippen molar-refractivity contribution in [2.24, 2.45) is 0 Å². The van der Waals surface area contributed by atoms with Crippen molar-refractivity contribution in [3.63, 3.8) is 0 Å². The van der Waals surface area contributed by atoms with Gasteiger partial charge in [0.2, 0.25) is 0 Å². The molecule has 0 fully saturated rings. The van der Waals surface area contributed by atoms with E-state index in [1.54, 1.807) is 0 Å². The van der Waals surface area contributed by atoms with E-state index in [0.717, 1.165) is 31.1 Å². The summed E-state index contributed by atoms with van der Waals surface area (Å²) in [5.41, 5.74) is 3.43. The molecule has 0 saturated carbocycles. The second-order valence-corrected chi connectivity index (χ2v) is 6.90. The summed E-state index contributed by atoms with van der Waals surface area (Å²) in [5, 5.41) is 7.11. The second kappa shape index (κ2) is 10.0. The molecule has 0 aliphatic heterocycles. The molecule has 2 rings (SSSR count). The van der Waals surface area contributed by atoms with Gasteiger partial charge in [-0.05, 0) is 64.2 Å². The summed E-state index contributed by atoms with van der Waals surface area (Å²) < 4.78 is 5.71. The van der Waals surface area contributed by atoms with Gasteiger partial charge in [-0.15, -0.1) is 0 Å². The van der Waals surface area contributed by atoms with Crippen molar-refractivity contribution in [1.29, 1.82) is 0 Å². The van der Waals surface area contributed by atoms with Crippen LogP contribution in [0.4, 0.5) is 11.4 Å². The van der Waals surface area contributed by atoms with Gasteiger partial charge >= 0.3 is 0 Å². The largest absolute Gasteiger partial charge is 0.491 e. The minimum absolute atomic E-state index is 0.150. The average molecular weight is 372 g/mol. The van der Waals surface area contributed by atoms with Crippen LogP contribution in [0.1, 0.15) is 26.3 Å². The minimum Gasteiger partial charge on any atom is -0.491 e. The van der Waals surface area contributed by atoms with Crippen LogP contribution in [0.25, 0.3) is 0 Å². The number of hydrogen-bond acceptors (Lipinski definition) is 3. The third-order valence-electron chi connectivity index (χ3n) is 3.91. The smallest absolute Gasteiger partial charge is 0.170 e. The van der Waals surface area contributed by atoms with Crippen LogP contribution in [-0.4, -0.2) is 30.9 Å². The van der Waals surface area contributed by atoms with Gasteiger partial charge in [0.15, 0.2) is 5.11 Å². The summed E-state index contributed by atoms with van der Waals surface area (Å²) in [6, 6.07) is 16.4. The highest BCUT2D eigenvalue weighted by molar-refractivity contribution is 7.80. The number of ether oxygens (including phenoxy) is 1. The van der Waals surface area contributed by atoms with E-state index in [0.29, 0.717) is 5.11 Å². The highest BCUT2D eigenvalue weighted by Gasteiger charge is 2.05. The standard InChI is InChI=1S/C21H29N3OS/c1-5-24(19-11-9-17(4)10-12-19)14-13-22-21(26)23-18-7-6-8-20(15-18)25-16(2)3/h6-12,15-16H,5,13-14H2,1-4H3,(H2,22,23,26). The predicted octanol–water partition coefficient (Wildman–Crippen LogP) is 4.60. The second-order valence-electron chi connectivity index (χ2n) is 6.49. The third kappa shape index (κ3) is 6.56. The van der Waals surface area contributed by atoms with Gasteiger partial charge in [-0.2, -0.15) is 0 Å². The van der Waals surface area contributed by atoms with Crippen molar-refractivity contribution in [3.8, 4) is 5.75 Å². The van der Waals surface area contributed by atoms with Crippen LogP contribution >= 0.6 is 12.2 Å². The van der Waals surface area contributed by atoms with Crippen LogP contribution in [0.3, 0.4) is 0 Å². The van der Waals surface area contributed by atoms with Gasteiger partial charge in [0.05, 0.1) is 6.10 Å². The Morgan fingerprint density at radius 3 is 2.54 bits per heavy atom. The van der Waals surface area contributed by atoms with E-state index >= 15 is 0 Å². The number of aryl methyl sites for hydroxylation is 1. The normalized spacial score (nSPS) is 10.5. The molecule has 0 spiro atoms. The Morgan fingerprint density at radius 1 is 1.15 bits per heavy atom. The highest BCUT2D eigenvalue weighted by Crippen LogP contribution is 2.18. The summed E-state index contributed by atoms with van der Waals surface area (Å²) in [6.07, 6.45) is 0.150. The number of likely N-dealkylation sites (N-methyl/N-ethyl adjacent to an activating group) is 1. The Morgan fingerprint density at radius 2 is 1.88 bits per heavy atom. The van der Waals surface area contributed by atoms with Crippen LogP contribution < -0.4 is 20.3 Å². The Balaban J connectivity index is 1.82. The summed E-state index contributed by atoms with van der Waals surface area (Å²) in [4.78, 5) is 2.33. The summed E-state index contributed by atoms with van der Waals surface area (Å²) in [6.45, 7) is 10.9. The van der Waals surface area contributed by atoms with E-state index in [1.165, 1.54) is 11.3 Å². The van der Waals surface area contributed by atoms with E-state index in [4.69, 9.17) is 17.0 Å². The average Bonchev–Trinajstić information content (AvgIpc) is 2.59. The molecular formula is C21H29N3OS. The van der Waals surface area contributed by atoms with Crippen molar-refractivity contribution in [2.75, 3.05) is 29.9 Å². The lowest BCUT2D eigenvalue weighted by atomic mass is 10.2. The van der Waals surface area contributed by atoms with Gasteiger partial charge < -0.3 is 20.3 Å². The topological polar surface area (TPSA) is 36.5 Å². The lowest BCUT2D eigenvalue weighted by Crippen LogP contribution is -2.36. The fraction of sp³-hybridized carbons (Fsp3) is 0.381. The first-order chi connectivity index (χ1) is 12.5. The fourth-order valence-corrected chi connectivity index (χ4v) is 2.84. The molecule has 0 amide bonds. The zero-order valence-corrected chi connectivity index (χ0v) is 16.9. The SMILES string of the molecule is CCN(CCNC(=S)Nc1cccc(OC(C)C)c1)c1ccc(C)cc1. The Kier molecular flexibility index (Phi) is 7.73. The molecule has 0 radical (unpaired) electrons. The van der Waals surface area contributed by atoms with Crippen LogP contribution in [0.2, 0.25) is 0 Å². The molecule has 4 nitrogen and oxygen atoms in total. The van der Waals surface area contributed by atoms with Crippen LogP contribution in [0.5, 0.6) is 5.75 Å². The number of nitrogens with zero attached hydrogens (tertiary/aromatic N) is 1. The van der Waals surface area contributed by atoms with Gasteiger partial charge in [0.1, 0.15) is 5.75 Å². The van der Waals surface area contributed by atoms with Gasteiger partial charge in [-0.1, -0.05) is 23.8 Å². The highest BCUT2D eigenvalue weighted by atomic mass is 32.1. The Bertz CT molecular complexity index is 701. The van der Waals surface area contributed by atoms with E-state index < -0.39 is 0 Å². The molecule has 140 valence electrons. The molecule has 0 saturated heterocycles. The molecule has 0 aromatic heterocycles. The lowest BCUT2D eigenvalue weighted by molar-refractivity contribution is 0.242. The summed E-state index contributed by atoms with van der Waals surface area (Å²) in [7, 11) is 0. The molecule has 2 N–H and O–H groups in total. The molecule has 0 aliphatic rings. The molecule has 2 aromatic carbocycles. The number of anilines is 2. The van der Waals surface area contributed by atoms with Gasteiger partial charge in [-0.3, -0.25) is 0 Å². The molecule has 0 unspecified atom stereocenters. The first kappa shape index (κ1) is 20.0. The zero-order chi connectivity index (χ0) is 18.9. The summed E-state index contributed by atoms with van der Waals surface area (Å²) >= 11 is 5.41. The molecule has 26 heavy (non-hydrogen) atoms. The zero-order valence-electron chi connectivity index (χ0n) is 16.1. The maximum Gasteiger partial charge on any atom is 0.170 e. The fourth-order valence-electron chi connectivity index (χ4n) is 2.62. The van der Waals surface area contributed by atoms with E-state index in [2.05, 4.69) is 53.6 Å². The van der Waals surface area contributed by atoms with E-state index in [9.17, 15) is 0 Å². The molecule has 0 aliphatic carbocycles. The number of nitrogens with one attached hydrogen (secondary N) is 2. The number of benzene rings is 2. The van der Waals surface area contributed by atoms with Crippen molar-refractivity contribution in [1.82, 2.24) is 5.32 Å². The molecule has 0 bridgehead atoms. The van der Waals surface area contributed by atoms with Gasteiger partial charge in [0.25, 0.3) is 0 Å².